The molecule has 0 fully saturated rings. The summed E-state index contributed by atoms with van der Waals surface area (Å²) < 4.78 is 51.4. The third-order valence-corrected chi connectivity index (χ3v) is 8.58. The van der Waals surface area contributed by atoms with Crippen LogP contribution in [0.2, 0.25) is 0 Å². The number of benzene rings is 2. The van der Waals surface area contributed by atoms with Crippen LogP contribution in [0.5, 0.6) is 0 Å². The van der Waals surface area contributed by atoms with Gasteiger partial charge in [0.05, 0.1) is 28.6 Å². The number of sulfone groups is 1. The van der Waals surface area contributed by atoms with Crippen molar-refractivity contribution >= 4 is 49.6 Å². The summed E-state index contributed by atoms with van der Waals surface area (Å²) in [6, 6.07) is 13.5. The predicted octanol–water partition coefficient (Wildman–Crippen LogP) is 5.12. The zero-order valence-corrected chi connectivity index (χ0v) is 23.5. The van der Waals surface area contributed by atoms with Gasteiger partial charge in [-0.25, -0.2) is 32.2 Å². The number of nitrogens with one attached hydrogen (secondary N) is 2. The molecule has 5 rings (SSSR count). The van der Waals surface area contributed by atoms with E-state index in [2.05, 4.69) is 25.6 Å². The Morgan fingerprint density at radius 2 is 1.83 bits per heavy atom. The molecule has 13 heteroatoms. The Labute approximate surface area is 238 Å². The predicted molar refractivity (Wildman–Crippen MR) is 154 cm³/mol. The van der Waals surface area contributed by atoms with Crippen LogP contribution in [0.25, 0.3) is 21.3 Å². The van der Waals surface area contributed by atoms with Gasteiger partial charge in [-0.05, 0) is 60.5 Å². The molecule has 1 unspecified atom stereocenters. The Morgan fingerprint density at radius 3 is 2.59 bits per heavy atom. The summed E-state index contributed by atoms with van der Waals surface area (Å²) in [5.41, 5.74) is 8.02. The summed E-state index contributed by atoms with van der Waals surface area (Å²) in [5, 5.41) is 6.57. The molecule has 3 heterocycles. The van der Waals surface area contributed by atoms with Crippen LogP contribution in [0.3, 0.4) is 0 Å². The molecule has 0 aliphatic carbocycles. The van der Waals surface area contributed by atoms with E-state index >= 15 is 0 Å². The maximum Gasteiger partial charge on any atom is 0.255 e. The second-order valence-electron chi connectivity index (χ2n) is 9.32. The third kappa shape index (κ3) is 6.15. The van der Waals surface area contributed by atoms with Gasteiger partial charge in [-0.15, -0.1) is 11.3 Å². The molecule has 210 valence electrons. The highest BCUT2D eigenvalue weighted by molar-refractivity contribution is 7.90. The molecule has 0 saturated heterocycles. The van der Waals surface area contributed by atoms with Gasteiger partial charge in [-0.2, -0.15) is 0 Å². The summed E-state index contributed by atoms with van der Waals surface area (Å²) in [6.45, 7) is 1.90. The number of carbonyl (C=O) groups excluding carboxylic acids is 1. The monoisotopic (exact) mass is 594 g/mol. The summed E-state index contributed by atoms with van der Waals surface area (Å²) in [6.07, 6.45) is 3.61. The molecular weight excluding hydrogens is 570 g/mol. The van der Waals surface area contributed by atoms with Crippen molar-refractivity contribution < 1.29 is 22.0 Å². The number of nitrogen functional groups attached to an aromatic ring is 1. The first kappa shape index (κ1) is 28.1. The highest BCUT2D eigenvalue weighted by Gasteiger charge is 2.20. The van der Waals surface area contributed by atoms with Crippen molar-refractivity contribution in [2.24, 2.45) is 0 Å². The standard InChI is InChI=1S/C28H24F2N6O3S2/c1-15(16-3-6-22(29)23(30)10-16)36-28(37)21-11-19(41(2,38)39)13-33-27(21)32-12-18-5-8-25(40-18)17-4-7-24-20(9-17)26(31)35-14-34-24/h3-11,13-15H,12H2,1-2H3,(H,32,33)(H,36,37)(H2,31,34,35). The first-order valence-electron chi connectivity index (χ1n) is 12.3. The van der Waals surface area contributed by atoms with E-state index in [1.165, 1.54) is 36.0 Å². The van der Waals surface area contributed by atoms with E-state index in [1.807, 2.05) is 30.3 Å². The zero-order chi connectivity index (χ0) is 29.3. The molecular formula is C28H24F2N6O3S2. The minimum Gasteiger partial charge on any atom is -0.383 e. The van der Waals surface area contributed by atoms with Crippen LogP contribution < -0.4 is 16.4 Å². The highest BCUT2D eigenvalue weighted by atomic mass is 32.2. The molecule has 0 aliphatic rings. The number of nitrogens with two attached hydrogens (primary N) is 1. The van der Waals surface area contributed by atoms with E-state index < -0.39 is 33.4 Å². The van der Waals surface area contributed by atoms with Crippen LogP contribution in [0.1, 0.15) is 33.8 Å². The summed E-state index contributed by atoms with van der Waals surface area (Å²) in [4.78, 5) is 27.5. The molecule has 0 bridgehead atoms. The van der Waals surface area contributed by atoms with Crippen LogP contribution in [0.4, 0.5) is 20.4 Å². The van der Waals surface area contributed by atoms with Crippen molar-refractivity contribution in [2.45, 2.75) is 24.4 Å². The third-order valence-electron chi connectivity index (χ3n) is 6.37. The number of rotatable bonds is 8. The fraction of sp³-hybridized carbons (Fsp3) is 0.143. The van der Waals surface area contributed by atoms with E-state index in [0.717, 1.165) is 44.6 Å². The fourth-order valence-corrected chi connectivity index (χ4v) is 5.65. The molecule has 0 saturated carbocycles. The Hall–Kier alpha value is -4.49. The number of nitrogens with zero attached hydrogens (tertiary/aromatic N) is 3. The van der Waals surface area contributed by atoms with E-state index in [9.17, 15) is 22.0 Å². The van der Waals surface area contributed by atoms with Crippen LogP contribution in [-0.2, 0) is 16.4 Å². The van der Waals surface area contributed by atoms with Crippen molar-refractivity contribution in [3.05, 3.63) is 94.8 Å². The molecule has 0 spiro atoms. The number of hydrogen-bond acceptors (Lipinski definition) is 9. The van der Waals surface area contributed by atoms with Crippen LogP contribution in [0, 0.1) is 11.6 Å². The van der Waals surface area contributed by atoms with Crippen molar-refractivity contribution in [2.75, 3.05) is 17.3 Å². The fourth-order valence-electron chi connectivity index (χ4n) is 4.13. The van der Waals surface area contributed by atoms with Crippen LogP contribution in [0.15, 0.2) is 72.0 Å². The van der Waals surface area contributed by atoms with Gasteiger partial charge in [0.1, 0.15) is 18.0 Å². The number of carbonyl (C=O) groups is 1. The van der Waals surface area contributed by atoms with Gasteiger partial charge in [0.15, 0.2) is 21.5 Å². The molecule has 2 aromatic carbocycles. The lowest BCUT2D eigenvalue weighted by Crippen LogP contribution is -2.28. The molecule has 1 atom stereocenters. The van der Waals surface area contributed by atoms with E-state index in [4.69, 9.17) is 5.73 Å². The van der Waals surface area contributed by atoms with E-state index in [1.54, 1.807) is 6.92 Å². The Morgan fingerprint density at radius 1 is 1.02 bits per heavy atom. The molecule has 5 aromatic rings. The van der Waals surface area contributed by atoms with Crippen LogP contribution in [-0.4, -0.2) is 35.5 Å². The summed E-state index contributed by atoms with van der Waals surface area (Å²) >= 11 is 1.52. The summed E-state index contributed by atoms with van der Waals surface area (Å²) in [5.74, 6) is -2.12. The van der Waals surface area contributed by atoms with Crippen molar-refractivity contribution in [3.8, 4) is 10.4 Å². The quantitative estimate of drug-likeness (QED) is 0.225. The number of pyridine rings is 1. The smallest absolute Gasteiger partial charge is 0.255 e. The topological polar surface area (TPSA) is 140 Å². The average Bonchev–Trinajstić information content (AvgIpc) is 3.42. The minimum atomic E-state index is -3.66. The molecule has 0 aliphatic heterocycles. The lowest BCUT2D eigenvalue weighted by atomic mass is 10.1. The molecule has 3 aromatic heterocycles. The number of hydrogen-bond donors (Lipinski definition) is 3. The van der Waals surface area contributed by atoms with Crippen molar-refractivity contribution in [1.29, 1.82) is 0 Å². The number of fused-ring (bicyclic) bond motifs is 1. The van der Waals surface area contributed by atoms with Gasteiger partial charge in [0.25, 0.3) is 5.91 Å². The first-order chi connectivity index (χ1) is 19.5. The van der Waals surface area contributed by atoms with Crippen LogP contribution >= 0.6 is 11.3 Å². The van der Waals surface area contributed by atoms with Gasteiger partial charge in [0.2, 0.25) is 0 Å². The number of aromatic nitrogens is 3. The second-order valence-corrected chi connectivity index (χ2v) is 12.5. The largest absolute Gasteiger partial charge is 0.383 e. The molecule has 1 amide bonds. The molecule has 9 nitrogen and oxygen atoms in total. The van der Waals surface area contributed by atoms with Gasteiger partial charge in [0, 0.05) is 27.6 Å². The number of thiophene rings is 1. The number of halogens is 2. The minimum absolute atomic E-state index is 0.0101. The zero-order valence-electron chi connectivity index (χ0n) is 21.9. The molecule has 0 radical (unpaired) electrons. The van der Waals surface area contributed by atoms with Gasteiger partial charge < -0.3 is 16.4 Å². The Balaban J connectivity index is 1.37. The second kappa shape index (κ2) is 11.2. The Bertz CT molecular complexity index is 1900. The van der Waals surface area contributed by atoms with Gasteiger partial charge in [-0.1, -0.05) is 12.1 Å². The SMILES string of the molecule is CC(NC(=O)c1cc(S(C)(=O)=O)cnc1NCc1ccc(-c2ccc3ncnc(N)c3c2)s1)c1ccc(F)c(F)c1. The lowest BCUT2D eigenvalue weighted by Gasteiger charge is -2.17. The maximum atomic E-state index is 13.7. The van der Waals surface area contributed by atoms with Crippen molar-refractivity contribution in [3.63, 3.8) is 0 Å². The van der Waals surface area contributed by atoms with Gasteiger partial charge >= 0.3 is 0 Å². The van der Waals surface area contributed by atoms with Crippen molar-refractivity contribution in [1.82, 2.24) is 20.3 Å². The average molecular weight is 595 g/mol. The normalized spacial score (nSPS) is 12.3. The molecule has 4 N–H and O–H groups in total. The number of amides is 1. The first-order valence-corrected chi connectivity index (χ1v) is 15.0. The van der Waals surface area contributed by atoms with Gasteiger partial charge in [-0.3, -0.25) is 4.79 Å². The highest BCUT2D eigenvalue weighted by Crippen LogP contribution is 2.32. The summed E-state index contributed by atoms with van der Waals surface area (Å²) in [7, 11) is -3.66. The molecule has 41 heavy (non-hydrogen) atoms. The van der Waals surface area contributed by atoms with E-state index in [-0.39, 0.29) is 16.3 Å². The van der Waals surface area contributed by atoms with E-state index in [0.29, 0.717) is 17.9 Å². The Kier molecular flexibility index (Phi) is 7.65. The lowest BCUT2D eigenvalue weighted by molar-refractivity contribution is 0.0940. The number of anilines is 2. The maximum absolute atomic E-state index is 13.7.